The van der Waals surface area contributed by atoms with Crippen LogP contribution in [0, 0.1) is 5.92 Å². The average Bonchev–Trinajstić information content (AvgIpc) is 2.37. The number of piperidine rings is 1. The standard InChI is InChI=1S/C14H19NO2S/c1-11-5-4-8-15(9-11)14(17)10-18-13-7-3-2-6-12(13)16/h2-3,6-7,11,16H,4-5,8-10H2,1H3. The van der Waals surface area contributed by atoms with Gasteiger partial charge in [0.2, 0.25) is 5.91 Å². The van der Waals surface area contributed by atoms with E-state index < -0.39 is 0 Å². The van der Waals surface area contributed by atoms with Gasteiger partial charge in [-0.2, -0.15) is 0 Å². The van der Waals surface area contributed by atoms with E-state index in [1.165, 1.54) is 18.2 Å². The molecule has 18 heavy (non-hydrogen) atoms. The van der Waals surface area contributed by atoms with Crippen LogP contribution in [0.3, 0.4) is 0 Å². The van der Waals surface area contributed by atoms with Gasteiger partial charge in [-0.1, -0.05) is 19.1 Å². The predicted octanol–water partition coefficient (Wildman–Crippen LogP) is 2.74. The van der Waals surface area contributed by atoms with E-state index in [0.29, 0.717) is 11.7 Å². The van der Waals surface area contributed by atoms with Crippen molar-refractivity contribution in [2.24, 2.45) is 5.92 Å². The van der Waals surface area contributed by atoms with Crippen molar-refractivity contribution in [3.8, 4) is 5.75 Å². The second-order valence-electron chi connectivity index (χ2n) is 4.84. The summed E-state index contributed by atoms with van der Waals surface area (Å²) in [7, 11) is 0. The van der Waals surface area contributed by atoms with Crippen molar-refractivity contribution in [2.75, 3.05) is 18.8 Å². The molecular weight excluding hydrogens is 246 g/mol. The molecule has 1 unspecified atom stereocenters. The number of thioether (sulfide) groups is 1. The number of benzene rings is 1. The Kier molecular flexibility index (Phi) is 4.53. The minimum atomic E-state index is 0.176. The third kappa shape index (κ3) is 3.42. The summed E-state index contributed by atoms with van der Waals surface area (Å²) in [5, 5.41) is 9.63. The summed E-state index contributed by atoms with van der Waals surface area (Å²) in [4.78, 5) is 14.8. The van der Waals surface area contributed by atoms with Crippen molar-refractivity contribution >= 4 is 17.7 Å². The van der Waals surface area contributed by atoms with E-state index in [9.17, 15) is 9.90 Å². The lowest BCUT2D eigenvalue weighted by molar-refractivity contribution is -0.130. The van der Waals surface area contributed by atoms with Gasteiger partial charge in [0, 0.05) is 18.0 Å². The molecule has 0 radical (unpaired) electrons. The quantitative estimate of drug-likeness (QED) is 0.854. The van der Waals surface area contributed by atoms with Gasteiger partial charge in [0.25, 0.3) is 0 Å². The maximum absolute atomic E-state index is 12.1. The second kappa shape index (κ2) is 6.14. The van der Waals surface area contributed by atoms with E-state index >= 15 is 0 Å². The fourth-order valence-electron chi connectivity index (χ4n) is 2.23. The summed E-state index contributed by atoms with van der Waals surface area (Å²) in [5.74, 6) is 1.44. The molecule has 1 aliphatic rings. The van der Waals surface area contributed by atoms with Gasteiger partial charge in [-0.05, 0) is 30.9 Å². The molecule has 1 atom stereocenters. The Labute approximate surface area is 112 Å². The Morgan fingerprint density at radius 1 is 1.50 bits per heavy atom. The molecule has 3 nitrogen and oxygen atoms in total. The summed E-state index contributed by atoms with van der Waals surface area (Å²) in [5.41, 5.74) is 0. The number of amides is 1. The molecule has 2 rings (SSSR count). The highest BCUT2D eigenvalue weighted by Gasteiger charge is 2.20. The number of rotatable bonds is 3. The normalized spacial score (nSPS) is 19.8. The Morgan fingerprint density at radius 2 is 2.28 bits per heavy atom. The first-order valence-corrected chi connectivity index (χ1v) is 7.34. The number of phenols is 1. The highest BCUT2D eigenvalue weighted by molar-refractivity contribution is 8.00. The second-order valence-corrected chi connectivity index (χ2v) is 5.86. The van der Waals surface area contributed by atoms with Gasteiger partial charge in [-0.3, -0.25) is 4.79 Å². The monoisotopic (exact) mass is 265 g/mol. The van der Waals surface area contributed by atoms with Crippen molar-refractivity contribution in [1.29, 1.82) is 0 Å². The summed E-state index contributed by atoms with van der Waals surface area (Å²) in [6.45, 7) is 3.94. The number of hydrogen-bond acceptors (Lipinski definition) is 3. The number of carbonyl (C=O) groups excluding carboxylic acids is 1. The Balaban J connectivity index is 1.86. The lowest BCUT2D eigenvalue weighted by atomic mass is 10.0. The Morgan fingerprint density at radius 3 is 3.00 bits per heavy atom. The van der Waals surface area contributed by atoms with Crippen LogP contribution in [-0.2, 0) is 4.79 Å². The van der Waals surface area contributed by atoms with Gasteiger partial charge >= 0.3 is 0 Å². The van der Waals surface area contributed by atoms with E-state index in [-0.39, 0.29) is 11.7 Å². The minimum Gasteiger partial charge on any atom is -0.507 e. The molecule has 1 N–H and O–H groups in total. The van der Waals surface area contributed by atoms with Gasteiger partial charge in [-0.25, -0.2) is 0 Å². The van der Waals surface area contributed by atoms with Gasteiger partial charge in [0.05, 0.1) is 5.75 Å². The van der Waals surface area contributed by atoms with Crippen LogP contribution >= 0.6 is 11.8 Å². The first kappa shape index (κ1) is 13.3. The summed E-state index contributed by atoms with van der Waals surface area (Å²) >= 11 is 1.41. The van der Waals surface area contributed by atoms with Crippen molar-refractivity contribution in [1.82, 2.24) is 4.90 Å². The van der Waals surface area contributed by atoms with Crippen LogP contribution in [0.2, 0.25) is 0 Å². The Hall–Kier alpha value is -1.16. The molecule has 1 heterocycles. The summed E-state index contributed by atoms with van der Waals surface area (Å²) in [6.07, 6.45) is 2.32. The third-order valence-corrected chi connectivity index (χ3v) is 4.27. The van der Waals surface area contributed by atoms with Crippen molar-refractivity contribution in [3.63, 3.8) is 0 Å². The van der Waals surface area contributed by atoms with Crippen molar-refractivity contribution in [2.45, 2.75) is 24.7 Å². The van der Waals surface area contributed by atoms with Gasteiger partial charge < -0.3 is 10.0 Å². The zero-order valence-electron chi connectivity index (χ0n) is 10.6. The smallest absolute Gasteiger partial charge is 0.232 e. The molecule has 4 heteroatoms. The first-order valence-electron chi connectivity index (χ1n) is 6.35. The molecule has 0 aromatic heterocycles. The molecular formula is C14H19NO2S. The van der Waals surface area contributed by atoms with Crippen LogP contribution in [0.15, 0.2) is 29.2 Å². The Bertz CT molecular complexity index is 422. The third-order valence-electron chi connectivity index (χ3n) is 3.23. The first-order chi connectivity index (χ1) is 8.66. The topological polar surface area (TPSA) is 40.5 Å². The van der Waals surface area contributed by atoms with E-state index in [0.717, 1.165) is 24.4 Å². The molecule has 1 fully saturated rings. The summed E-state index contributed by atoms with van der Waals surface area (Å²) < 4.78 is 0. The molecule has 98 valence electrons. The number of hydrogen-bond donors (Lipinski definition) is 1. The molecule has 0 bridgehead atoms. The molecule has 1 aromatic carbocycles. The van der Waals surface area contributed by atoms with E-state index in [1.807, 2.05) is 17.0 Å². The van der Waals surface area contributed by atoms with Gasteiger partial charge in [-0.15, -0.1) is 11.8 Å². The fourth-order valence-corrected chi connectivity index (χ4v) is 3.08. The van der Waals surface area contributed by atoms with Crippen molar-refractivity contribution in [3.05, 3.63) is 24.3 Å². The van der Waals surface area contributed by atoms with E-state index in [2.05, 4.69) is 6.92 Å². The molecule has 0 saturated carbocycles. The van der Waals surface area contributed by atoms with Crippen LogP contribution < -0.4 is 0 Å². The maximum Gasteiger partial charge on any atom is 0.232 e. The maximum atomic E-state index is 12.1. The molecule has 1 aliphatic heterocycles. The molecule has 0 aliphatic carbocycles. The number of likely N-dealkylation sites (tertiary alicyclic amines) is 1. The van der Waals surface area contributed by atoms with E-state index in [4.69, 9.17) is 0 Å². The molecule has 1 saturated heterocycles. The average molecular weight is 265 g/mol. The highest BCUT2D eigenvalue weighted by atomic mass is 32.2. The van der Waals surface area contributed by atoms with Crippen LogP contribution in [0.5, 0.6) is 5.75 Å². The van der Waals surface area contributed by atoms with Gasteiger partial charge in [0.15, 0.2) is 0 Å². The van der Waals surface area contributed by atoms with Gasteiger partial charge in [0.1, 0.15) is 5.75 Å². The largest absolute Gasteiger partial charge is 0.507 e. The number of phenolic OH excluding ortho intramolecular Hbond substituents is 1. The zero-order valence-corrected chi connectivity index (χ0v) is 11.4. The molecule has 0 spiro atoms. The summed E-state index contributed by atoms with van der Waals surface area (Å²) in [6, 6.07) is 7.14. The van der Waals surface area contributed by atoms with Crippen LogP contribution in [0.1, 0.15) is 19.8 Å². The number of nitrogens with zero attached hydrogens (tertiary/aromatic N) is 1. The lowest BCUT2D eigenvalue weighted by Crippen LogP contribution is -2.40. The number of carbonyl (C=O) groups is 1. The molecule has 1 amide bonds. The zero-order chi connectivity index (χ0) is 13.0. The van der Waals surface area contributed by atoms with E-state index in [1.54, 1.807) is 12.1 Å². The lowest BCUT2D eigenvalue weighted by Gasteiger charge is -2.30. The van der Waals surface area contributed by atoms with Crippen LogP contribution in [0.25, 0.3) is 0 Å². The van der Waals surface area contributed by atoms with Crippen LogP contribution in [-0.4, -0.2) is 34.8 Å². The van der Waals surface area contributed by atoms with Crippen molar-refractivity contribution < 1.29 is 9.90 Å². The number of aromatic hydroxyl groups is 1. The minimum absolute atomic E-state index is 0.176. The highest BCUT2D eigenvalue weighted by Crippen LogP contribution is 2.28. The number of para-hydroxylation sites is 1. The SMILES string of the molecule is CC1CCCN(C(=O)CSc2ccccc2O)C1. The fraction of sp³-hybridized carbons (Fsp3) is 0.500. The molecule has 1 aromatic rings. The van der Waals surface area contributed by atoms with Crippen LogP contribution in [0.4, 0.5) is 0 Å². The predicted molar refractivity (Wildman–Crippen MR) is 73.8 cm³/mol.